The van der Waals surface area contributed by atoms with Gasteiger partial charge in [0.25, 0.3) is 5.69 Å². The number of aryl methyl sites for hydroxylation is 1. The summed E-state index contributed by atoms with van der Waals surface area (Å²) in [6.45, 7) is 2.39. The lowest BCUT2D eigenvalue weighted by atomic mass is 10.0. The summed E-state index contributed by atoms with van der Waals surface area (Å²) in [6, 6.07) is 12.6. The molecule has 0 fully saturated rings. The summed E-state index contributed by atoms with van der Waals surface area (Å²) >= 11 is 0. The van der Waals surface area contributed by atoms with Crippen LogP contribution in [0.25, 0.3) is 11.1 Å². The van der Waals surface area contributed by atoms with E-state index in [0.717, 1.165) is 16.7 Å². The van der Waals surface area contributed by atoms with Gasteiger partial charge in [0.05, 0.1) is 10.5 Å². The molecule has 0 spiro atoms. The molecule has 0 unspecified atom stereocenters. The van der Waals surface area contributed by atoms with Gasteiger partial charge in [-0.2, -0.15) is 0 Å². The normalized spacial score (nSPS) is 10.3. The molecule has 2 aromatic carbocycles. The van der Waals surface area contributed by atoms with Gasteiger partial charge in [0.15, 0.2) is 0 Å². The highest BCUT2D eigenvalue weighted by Gasteiger charge is 2.14. The van der Waals surface area contributed by atoms with Crippen LogP contribution in [0.3, 0.4) is 0 Å². The molecule has 0 heterocycles. The average molecular weight is 242 g/mol. The molecule has 0 radical (unpaired) electrons. The molecule has 2 aromatic rings. The molecule has 0 saturated heterocycles. The lowest BCUT2D eigenvalue weighted by Gasteiger charge is -2.05. The van der Waals surface area contributed by atoms with Crippen molar-refractivity contribution in [3.8, 4) is 11.1 Å². The molecule has 18 heavy (non-hydrogen) atoms. The monoisotopic (exact) mass is 242 g/mol. The molecule has 4 nitrogen and oxygen atoms in total. The highest BCUT2D eigenvalue weighted by molar-refractivity contribution is 5.74. The Morgan fingerprint density at radius 2 is 1.83 bits per heavy atom. The number of benzene rings is 2. The van der Waals surface area contributed by atoms with Crippen LogP contribution >= 0.6 is 0 Å². The van der Waals surface area contributed by atoms with Crippen LogP contribution in [0.4, 0.5) is 5.69 Å². The third-order valence-electron chi connectivity index (χ3n) is 2.85. The first-order chi connectivity index (χ1) is 8.61. The van der Waals surface area contributed by atoms with E-state index in [2.05, 4.69) is 0 Å². The van der Waals surface area contributed by atoms with Crippen molar-refractivity contribution < 1.29 is 4.92 Å². The second kappa shape index (κ2) is 4.98. The Hall–Kier alpha value is -2.20. The van der Waals surface area contributed by atoms with Crippen LogP contribution < -0.4 is 5.73 Å². The van der Waals surface area contributed by atoms with Crippen LogP contribution in [-0.4, -0.2) is 4.92 Å². The Bertz CT molecular complexity index is 577. The van der Waals surface area contributed by atoms with Crippen molar-refractivity contribution in [3.63, 3.8) is 0 Å². The molecule has 0 aromatic heterocycles. The Morgan fingerprint density at radius 1 is 1.17 bits per heavy atom. The molecule has 0 atom stereocenters. The molecule has 2 rings (SSSR count). The van der Waals surface area contributed by atoms with Gasteiger partial charge in [0, 0.05) is 12.6 Å². The highest BCUT2D eigenvalue weighted by Crippen LogP contribution is 2.30. The quantitative estimate of drug-likeness (QED) is 0.664. The fraction of sp³-hybridized carbons (Fsp3) is 0.143. The molecule has 0 amide bonds. The third kappa shape index (κ3) is 2.38. The smallest absolute Gasteiger partial charge is 0.277 e. The fourth-order valence-electron chi connectivity index (χ4n) is 1.86. The summed E-state index contributed by atoms with van der Waals surface area (Å²) in [5.41, 5.74) is 9.14. The molecule has 0 aliphatic carbocycles. The number of nitro groups is 1. The lowest BCUT2D eigenvalue weighted by molar-refractivity contribution is -0.384. The van der Waals surface area contributed by atoms with E-state index in [4.69, 9.17) is 5.73 Å². The van der Waals surface area contributed by atoms with Gasteiger partial charge in [0.1, 0.15) is 0 Å². The van der Waals surface area contributed by atoms with Crippen molar-refractivity contribution >= 4 is 5.69 Å². The number of nitro benzene ring substituents is 1. The number of rotatable bonds is 3. The maximum atomic E-state index is 11.0. The molecule has 92 valence electrons. The van der Waals surface area contributed by atoms with E-state index in [9.17, 15) is 10.1 Å². The zero-order valence-corrected chi connectivity index (χ0v) is 10.1. The number of hydrogen-bond donors (Lipinski definition) is 1. The maximum Gasteiger partial charge on any atom is 0.277 e. The Balaban J connectivity index is 2.54. The largest absolute Gasteiger partial charge is 0.326 e. The van der Waals surface area contributed by atoms with E-state index in [1.54, 1.807) is 12.1 Å². The fourth-order valence-corrected chi connectivity index (χ4v) is 1.86. The summed E-state index contributed by atoms with van der Waals surface area (Å²) in [5, 5.41) is 11.0. The summed E-state index contributed by atoms with van der Waals surface area (Å²) < 4.78 is 0. The van der Waals surface area contributed by atoms with E-state index in [0.29, 0.717) is 12.1 Å². The maximum absolute atomic E-state index is 11.0. The van der Waals surface area contributed by atoms with Gasteiger partial charge in [-0.25, -0.2) is 0 Å². The predicted octanol–water partition coefficient (Wildman–Crippen LogP) is 3.03. The van der Waals surface area contributed by atoms with Crippen molar-refractivity contribution in [3.05, 3.63) is 63.7 Å². The van der Waals surface area contributed by atoms with E-state index >= 15 is 0 Å². The zero-order chi connectivity index (χ0) is 13.1. The highest BCUT2D eigenvalue weighted by atomic mass is 16.6. The van der Waals surface area contributed by atoms with E-state index < -0.39 is 0 Å². The van der Waals surface area contributed by atoms with Crippen LogP contribution in [0.5, 0.6) is 0 Å². The van der Waals surface area contributed by atoms with Gasteiger partial charge in [-0.1, -0.05) is 35.9 Å². The molecule has 4 heteroatoms. The summed E-state index contributed by atoms with van der Waals surface area (Å²) in [5.74, 6) is 0. The van der Waals surface area contributed by atoms with Crippen molar-refractivity contribution in [1.29, 1.82) is 0 Å². The zero-order valence-electron chi connectivity index (χ0n) is 10.1. The van der Waals surface area contributed by atoms with E-state index in [1.165, 1.54) is 0 Å². The van der Waals surface area contributed by atoms with Crippen LogP contribution in [0, 0.1) is 17.0 Å². The minimum absolute atomic E-state index is 0.126. The first-order valence-electron chi connectivity index (χ1n) is 5.66. The van der Waals surface area contributed by atoms with Gasteiger partial charge in [-0.05, 0) is 24.1 Å². The van der Waals surface area contributed by atoms with Crippen LogP contribution in [0.2, 0.25) is 0 Å². The van der Waals surface area contributed by atoms with Gasteiger partial charge < -0.3 is 5.73 Å². The predicted molar refractivity (Wildman–Crippen MR) is 71.2 cm³/mol. The Morgan fingerprint density at radius 3 is 2.39 bits per heavy atom. The van der Waals surface area contributed by atoms with Crippen LogP contribution in [-0.2, 0) is 6.54 Å². The second-order valence-electron chi connectivity index (χ2n) is 4.18. The van der Waals surface area contributed by atoms with Crippen LogP contribution in [0.1, 0.15) is 11.1 Å². The van der Waals surface area contributed by atoms with Gasteiger partial charge >= 0.3 is 0 Å². The lowest BCUT2D eigenvalue weighted by Crippen LogP contribution is -1.96. The topological polar surface area (TPSA) is 69.2 Å². The minimum atomic E-state index is -0.356. The van der Waals surface area contributed by atoms with E-state index in [1.807, 2.05) is 37.3 Å². The first kappa shape index (κ1) is 12.3. The molecule has 0 aliphatic heterocycles. The van der Waals surface area contributed by atoms with Crippen molar-refractivity contribution in [2.45, 2.75) is 13.5 Å². The molecule has 0 saturated carbocycles. The molecular weight excluding hydrogens is 228 g/mol. The molecule has 2 N–H and O–H groups in total. The molecule has 0 bridgehead atoms. The SMILES string of the molecule is Cc1ccc([N+](=O)[O-])c(-c2ccc(CN)cc2)c1. The van der Waals surface area contributed by atoms with Crippen molar-refractivity contribution in [2.75, 3.05) is 0 Å². The average Bonchev–Trinajstić information content (AvgIpc) is 2.38. The minimum Gasteiger partial charge on any atom is -0.326 e. The summed E-state index contributed by atoms with van der Waals surface area (Å²) in [6.07, 6.45) is 0. The molecular formula is C14H14N2O2. The van der Waals surface area contributed by atoms with Crippen LogP contribution in [0.15, 0.2) is 42.5 Å². The third-order valence-corrected chi connectivity index (χ3v) is 2.85. The first-order valence-corrected chi connectivity index (χ1v) is 5.66. The van der Waals surface area contributed by atoms with E-state index in [-0.39, 0.29) is 10.6 Å². The molecule has 0 aliphatic rings. The van der Waals surface area contributed by atoms with Gasteiger partial charge in [0.2, 0.25) is 0 Å². The Kier molecular flexibility index (Phi) is 3.39. The standard InChI is InChI=1S/C14H14N2O2/c1-10-2-7-14(16(17)18)13(8-10)12-5-3-11(9-15)4-6-12/h2-8H,9,15H2,1H3. The summed E-state index contributed by atoms with van der Waals surface area (Å²) in [4.78, 5) is 10.7. The number of hydrogen-bond acceptors (Lipinski definition) is 3. The van der Waals surface area contributed by atoms with Gasteiger partial charge in [-0.15, -0.1) is 0 Å². The second-order valence-corrected chi connectivity index (χ2v) is 4.18. The summed E-state index contributed by atoms with van der Waals surface area (Å²) in [7, 11) is 0. The number of nitrogens with two attached hydrogens (primary N) is 1. The van der Waals surface area contributed by atoms with Crippen molar-refractivity contribution in [1.82, 2.24) is 0 Å². The van der Waals surface area contributed by atoms with Crippen molar-refractivity contribution in [2.24, 2.45) is 5.73 Å². The van der Waals surface area contributed by atoms with Gasteiger partial charge in [-0.3, -0.25) is 10.1 Å². The Labute approximate surface area is 105 Å². The number of nitrogens with zero attached hydrogens (tertiary/aromatic N) is 1.